The molecule has 2 aromatic rings. The lowest BCUT2D eigenvalue weighted by molar-refractivity contribution is 0.111. The SMILES string of the molecule is Cc1nc(-c2cc(F)ccc2F)c(C=O)n1C. The van der Waals surface area contributed by atoms with Crippen LogP contribution in [0.3, 0.4) is 0 Å². The number of hydrogen-bond donors (Lipinski definition) is 0. The molecule has 0 aliphatic carbocycles. The summed E-state index contributed by atoms with van der Waals surface area (Å²) >= 11 is 0. The number of hydrogen-bond acceptors (Lipinski definition) is 2. The third-order valence-electron chi connectivity index (χ3n) is 2.66. The van der Waals surface area contributed by atoms with Gasteiger partial charge in [-0.15, -0.1) is 0 Å². The highest BCUT2D eigenvalue weighted by Crippen LogP contribution is 2.25. The lowest BCUT2D eigenvalue weighted by Crippen LogP contribution is -1.98. The second-order valence-corrected chi connectivity index (χ2v) is 3.69. The van der Waals surface area contributed by atoms with Gasteiger partial charge in [0.1, 0.15) is 28.8 Å². The Morgan fingerprint density at radius 3 is 2.71 bits per heavy atom. The number of aryl methyl sites for hydroxylation is 1. The second kappa shape index (κ2) is 4.08. The van der Waals surface area contributed by atoms with E-state index in [0.717, 1.165) is 18.2 Å². The molecule has 0 aliphatic rings. The van der Waals surface area contributed by atoms with Gasteiger partial charge in [0, 0.05) is 12.6 Å². The zero-order valence-electron chi connectivity index (χ0n) is 9.37. The Labute approximate surface area is 96.7 Å². The van der Waals surface area contributed by atoms with Crippen molar-refractivity contribution in [1.29, 1.82) is 0 Å². The highest BCUT2D eigenvalue weighted by Gasteiger charge is 2.17. The summed E-state index contributed by atoms with van der Waals surface area (Å²) in [6.45, 7) is 1.69. The van der Waals surface area contributed by atoms with E-state index in [9.17, 15) is 13.6 Å². The number of rotatable bonds is 2. The molecule has 0 bridgehead atoms. The van der Waals surface area contributed by atoms with Crippen LogP contribution < -0.4 is 0 Å². The van der Waals surface area contributed by atoms with Gasteiger partial charge in [0.15, 0.2) is 6.29 Å². The minimum atomic E-state index is -0.604. The first-order chi connectivity index (χ1) is 8.04. The van der Waals surface area contributed by atoms with Crippen LogP contribution in [0.15, 0.2) is 18.2 Å². The van der Waals surface area contributed by atoms with Gasteiger partial charge in [0.05, 0.1) is 0 Å². The van der Waals surface area contributed by atoms with Gasteiger partial charge >= 0.3 is 0 Å². The third kappa shape index (κ3) is 1.84. The molecule has 17 heavy (non-hydrogen) atoms. The molecule has 0 fully saturated rings. The van der Waals surface area contributed by atoms with Gasteiger partial charge in [0.2, 0.25) is 0 Å². The Kier molecular flexibility index (Phi) is 2.75. The van der Waals surface area contributed by atoms with Crippen LogP contribution >= 0.6 is 0 Å². The van der Waals surface area contributed by atoms with Crippen LogP contribution in [-0.2, 0) is 7.05 Å². The van der Waals surface area contributed by atoms with Crippen molar-refractivity contribution in [2.75, 3.05) is 0 Å². The maximum atomic E-state index is 13.6. The molecule has 0 saturated carbocycles. The average Bonchev–Trinajstić information content (AvgIpc) is 2.58. The average molecular weight is 236 g/mol. The monoisotopic (exact) mass is 236 g/mol. The van der Waals surface area contributed by atoms with Gasteiger partial charge in [-0.2, -0.15) is 0 Å². The van der Waals surface area contributed by atoms with Crippen LogP contribution in [0.4, 0.5) is 8.78 Å². The van der Waals surface area contributed by atoms with E-state index >= 15 is 0 Å². The summed E-state index contributed by atoms with van der Waals surface area (Å²) in [7, 11) is 1.65. The molecule has 1 heterocycles. The number of benzene rings is 1. The largest absolute Gasteiger partial charge is 0.329 e. The van der Waals surface area contributed by atoms with E-state index in [2.05, 4.69) is 4.98 Å². The molecule has 0 spiro atoms. The molecule has 5 heteroatoms. The normalized spacial score (nSPS) is 10.6. The van der Waals surface area contributed by atoms with Crippen molar-refractivity contribution in [1.82, 2.24) is 9.55 Å². The van der Waals surface area contributed by atoms with E-state index in [1.165, 1.54) is 4.57 Å². The minimum Gasteiger partial charge on any atom is -0.329 e. The maximum absolute atomic E-state index is 13.6. The summed E-state index contributed by atoms with van der Waals surface area (Å²) in [5.74, 6) is -0.611. The Bertz CT molecular complexity index is 590. The summed E-state index contributed by atoms with van der Waals surface area (Å²) in [5.41, 5.74) is 0.389. The number of aldehydes is 1. The number of nitrogens with zero attached hydrogens (tertiary/aromatic N) is 2. The number of aromatic nitrogens is 2. The van der Waals surface area contributed by atoms with Crippen molar-refractivity contribution < 1.29 is 13.6 Å². The number of halogens is 2. The van der Waals surface area contributed by atoms with Crippen LogP contribution in [0.25, 0.3) is 11.3 Å². The van der Waals surface area contributed by atoms with E-state index in [0.29, 0.717) is 12.1 Å². The zero-order valence-corrected chi connectivity index (χ0v) is 9.37. The second-order valence-electron chi connectivity index (χ2n) is 3.69. The molecule has 3 nitrogen and oxygen atoms in total. The van der Waals surface area contributed by atoms with E-state index in [-0.39, 0.29) is 17.0 Å². The fourth-order valence-corrected chi connectivity index (χ4v) is 1.64. The first-order valence-electron chi connectivity index (χ1n) is 4.98. The summed E-state index contributed by atoms with van der Waals surface area (Å²) in [6, 6.07) is 3.07. The third-order valence-corrected chi connectivity index (χ3v) is 2.66. The van der Waals surface area contributed by atoms with Crippen LogP contribution in [0, 0.1) is 18.6 Å². The van der Waals surface area contributed by atoms with Crippen molar-refractivity contribution in [2.24, 2.45) is 7.05 Å². The summed E-state index contributed by atoms with van der Waals surface area (Å²) in [4.78, 5) is 15.0. The van der Waals surface area contributed by atoms with E-state index in [1.54, 1.807) is 14.0 Å². The smallest absolute Gasteiger partial charge is 0.168 e. The predicted molar refractivity (Wildman–Crippen MR) is 58.7 cm³/mol. The van der Waals surface area contributed by atoms with Crippen molar-refractivity contribution in [3.8, 4) is 11.3 Å². The first-order valence-corrected chi connectivity index (χ1v) is 4.98. The molecule has 0 amide bonds. The summed E-state index contributed by atoms with van der Waals surface area (Å²) in [5, 5.41) is 0. The zero-order chi connectivity index (χ0) is 12.6. The van der Waals surface area contributed by atoms with Crippen LogP contribution in [0.1, 0.15) is 16.3 Å². The van der Waals surface area contributed by atoms with E-state index in [4.69, 9.17) is 0 Å². The molecule has 0 atom stereocenters. The lowest BCUT2D eigenvalue weighted by Gasteiger charge is -2.01. The lowest BCUT2D eigenvalue weighted by atomic mass is 10.1. The molecular formula is C12H10F2N2O. The first kappa shape index (κ1) is 11.4. The van der Waals surface area contributed by atoms with Gasteiger partial charge in [0.25, 0.3) is 0 Å². The highest BCUT2D eigenvalue weighted by atomic mass is 19.1. The Hall–Kier alpha value is -2.04. The number of carbonyl (C=O) groups excluding carboxylic acids is 1. The maximum Gasteiger partial charge on any atom is 0.168 e. The van der Waals surface area contributed by atoms with Gasteiger partial charge in [-0.05, 0) is 25.1 Å². The summed E-state index contributed by atoms with van der Waals surface area (Å²) < 4.78 is 28.2. The molecule has 0 radical (unpaired) electrons. The Morgan fingerprint density at radius 2 is 2.06 bits per heavy atom. The molecular weight excluding hydrogens is 226 g/mol. The van der Waals surface area contributed by atoms with Crippen LogP contribution in [0.2, 0.25) is 0 Å². The van der Waals surface area contributed by atoms with E-state index in [1.807, 2.05) is 0 Å². The van der Waals surface area contributed by atoms with Gasteiger partial charge in [-0.3, -0.25) is 4.79 Å². The van der Waals surface area contributed by atoms with E-state index < -0.39 is 11.6 Å². The Morgan fingerprint density at radius 1 is 1.35 bits per heavy atom. The molecule has 1 aromatic carbocycles. The van der Waals surface area contributed by atoms with Gasteiger partial charge in [-0.25, -0.2) is 13.8 Å². The molecule has 88 valence electrons. The topological polar surface area (TPSA) is 34.9 Å². The van der Waals surface area contributed by atoms with Crippen molar-refractivity contribution in [2.45, 2.75) is 6.92 Å². The standard InChI is InChI=1S/C12H10F2N2O/c1-7-15-12(11(6-17)16(7)2)9-5-8(13)3-4-10(9)14/h3-6H,1-2H3. The van der Waals surface area contributed by atoms with Gasteiger partial charge in [-0.1, -0.05) is 0 Å². The molecule has 0 N–H and O–H groups in total. The number of carbonyl (C=O) groups is 1. The Balaban J connectivity index is 2.72. The van der Waals surface area contributed by atoms with Gasteiger partial charge < -0.3 is 4.57 Å². The van der Waals surface area contributed by atoms with Crippen LogP contribution in [0.5, 0.6) is 0 Å². The highest BCUT2D eigenvalue weighted by molar-refractivity contribution is 5.84. The van der Waals surface area contributed by atoms with Crippen molar-refractivity contribution in [3.05, 3.63) is 41.4 Å². The fourth-order valence-electron chi connectivity index (χ4n) is 1.64. The number of imidazole rings is 1. The molecule has 1 aromatic heterocycles. The summed E-state index contributed by atoms with van der Waals surface area (Å²) in [6.07, 6.45) is 0.583. The molecule has 0 saturated heterocycles. The molecule has 0 aliphatic heterocycles. The minimum absolute atomic E-state index is 0.00389. The van der Waals surface area contributed by atoms with Crippen molar-refractivity contribution >= 4 is 6.29 Å². The molecule has 0 unspecified atom stereocenters. The molecule has 2 rings (SSSR count). The predicted octanol–water partition coefficient (Wildman–Crippen LogP) is 2.49. The quantitative estimate of drug-likeness (QED) is 0.751. The van der Waals surface area contributed by atoms with Crippen molar-refractivity contribution in [3.63, 3.8) is 0 Å². The van der Waals surface area contributed by atoms with Crippen LogP contribution in [-0.4, -0.2) is 15.8 Å². The fraction of sp³-hybridized carbons (Fsp3) is 0.167.